The van der Waals surface area contributed by atoms with Crippen molar-refractivity contribution in [1.29, 1.82) is 0 Å². The van der Waals surface area contributed by atoms with E-state index in [9.17, 15) is 4.79 Å². The number of hydrogen-bond acceptors (Lipinski definition) is 3. The second-order valence-corrected chi connectivity index (χ2v) is 7.42. The zero-order chi connectivity index (χ0) is 20.9. The van der Waals surface area contributed by atoms with Gasteiger partial charge in [0.1, 0.15) is 11.6 Å². The molecule has 1 heterocycles. The summed E-state index contributed by atoms with van der Waals surface area (Å²) in [5.41, 5.74) is 4.39. The molecule has 0 aliphatic carbocycles. The first-order valence-electron chi connectivity index (χ1n) is 10.1. The molecular weight excluding hydrogens is 374 g/mol. The van der Waals surface area contributed by atoms with Gasteiger partial charge in [0.05, 0.1) is 17.1 Å². The molecule has 0 aliphatic heterocycles. The van der Waals surface area contributed by atoms with E-state index in [0.29, 0.717) is 12.3 Å². The Morgan fingerprint density at radius 2 is 1.70 bits per heavy atom. The third-order valence-electron chi connectivity index (χ3n) is 5.02. The van der Waals surface area contributed by atoms with Crippen molar-refractivity contribution in [3.63, 3.8) is 0 Å². The molecule has 30 heavy (non-hydrogen) atoms. The lowest BCUT2D eigenvalue weighted by Gasteiger charge is -2.17. The number of fused-ring (bicyclic) bond motifs is 1. The predicted molar refractivity (Wildman–Crippen MR) is 119 cm³/mol. The lowest BCUT2D eigenvalue weighted by molar-refractivity contribution is -0.123. The maximum atomic E-state index is 12.4. The molecule has 0 radical (unpaired) electrons. The largest absolute Gasteiger partial charge is 0.484 e. The zero-order valence-electron chi connectivity index (χ0n) is 17.2. The minimum absolute atomic E-state index is 0.0352. The first-order chi connectivity index (χ1) is 14.6. The first-order valence-corrected chi connectivity index (χ1v) is 10.1. The Morgan fingerprint density at radius 1 is 1.00 bits per heavy atom. The molecular formula is C25H25N3O2. The van der Waals surface area contributed by atoms with E-state index in [1.54, 1.807) is 0 Å². The summed E-state index contributed by atoms with van der Waals surface area (Å²) in [6.45, 7) is 4.69. The number of rotatable bonds is 7. The van der Waals surface area contributed by atoms with Crippen molar-refractivity contribution in [2.45, 2.75) is 26.4 Å². The molecule has 1 N–H and O–H groups in total. The monoisotopic (exact) mass is 399 g/mol. The number of carbonyl (C=O) groups excluding carboxylic acids is 1. The van der Waals surface area contributed by atoms with E-state index in [4.69, 9.17) is 9.72 Å². The molecule has 0 saturated heterocycles. The zero-order valence-corrected chi connectivity index (χ0v) is 17.2. The van der Waals surface area contributed by atoms with Gasteiger partial charge in [-0.2, -0.15) is 0 Å². The van der Waals surface area contributed by atoms with E-state index in [0.717, 1.165) is 16.9 Å². The summed E-state index contributed by atoms with van der Waals surface area (Å²) in [4.78, 5) is 17.3. The quantitative estimate of drug-likeness (QED) is 0.492. The summed E-state index contributed by atoms with van der Waals surface area (Å²) in [5.74, 6) is 1.32. The van der Waals surface area contributed by atoms with Gasteiger partial charge in [-0.25, -0.2) is 4.98 Å². The molecule has 0 aliphatic rings. The summed E-state index contributed by atoms with van der Waals surface area (Å²) >= 11 is 0. The molecule has 4 rings (SSSR count). The lowest BCUT2D eigenvalue weighted by Crippen LogP contribution is -2.32. The molecule has 1 aromatic heterocycles. The Kier molecular flexibility index (Phi) is 5.80. The summed E-state index contributed by atoms with van der Waals surface area (Å²) < 4.78 is 7.73. The van der Waals surface area contributed by atoms with E-state index >= 15 is 0 Å². The van der Waals surface area contributed by atoms with E-state index in [2.05, 4.69) is 47.1 Å². The number of imidazole rings is 1. The maximum absolute atomic E-state index is 12.4. The number of hydrogen-bond donors (Lipinski definition) is 1. The number of benzene rings is 3. The molecule has 5 heteroatoms. The van der Waals surface area contributed by atoms with Crippen molar-refractivity contribution in [1.82, 2.24) is 14.9 Å². The normalized spacial score (nSPS) is 11.9. The molecule has 0 bridgehead atoms. The average molecular weight is 399 g/mol. The van der Waals surface area contributed by atoms with Gasteiger partial charge >= 0.3 is 0 Å². The smallest absolute Gasteiger partial charge is 0.258 e. The fourth-order valence-corrected chi connectivity index (χ4v) is 3.48. The highest BCUT2D eigenvalue weighted by atomic mass is 16.5. The van der Waals surface area contributed by atoms with Crippen LogP contribution in [0.15, 0.2) is 78.9 Å². The molecule has 5 nitrogen and oxygen atoms in total. The van der Waals surface area contributed by atoms with Crippen molar-refractivity contribution in [2.75, 3.05) is 6.61 Å². The molecule has 4 aromatic rings. The Morgan fingerprint density at radius 3 is 2.47 bits per heavy atom. The third kappa shape index (κ3) is 4.51. The van der Waals surface area contributed by atoms with Crippen LogP contribution in [-0.2, 0) is 11.3 Å². The maximum Gasteiger partial charge on any atom is 0.258 e. The van der Waals surface area contributed by atoms with Gasteiger partial charge in [-0.15, -0.1) is 0 Å². The van der Waals surface area contributed by atoms with E-state index in [1.807, 2.05) is 55.5 Å². The number of carbonyl (C=O) groups is 1. The van der Waals surface area contributed by atoms with Crippen LogP contribution in [0.4, 0.5) is 0 Å². The van der Waals surface area contributed by atoms with Gasteiger partial charge in [0.2, 0.25) is 0 Å². The fraction of sp³-hybridized carbons (Fsp3) is 0.200. The van der Waals surface area contributed by atoms with Crippen LogP contribution in [-0.4, -0.2) is 22.1 Å². The van der Waals surface area contributed by atoms with Crippen molar-refractivity contribution in [3.05, 3.63) is 95.8 Å². The lowest BCUT2D eigenvalue weighted by atomic mass is 10.1. The van der Waals surface area contributed by atoms with Crippen LogP contribution in [0.1, 0.15) is 29.9 Å². The Labute approximate surface area is 176 Å². The van der Waals surface area contributed by atoms with Crippen LogP contribution in [0.25, 0.3) is 11.0 Å². The highest BCUT2D eigenvalue weighted by molar-refractivity contribution is 5.79. The second kappa shape index (κ2) is 8.82. The average Bonchev–Trinajstić information content (AvgIpc) is 3.13. The number of aromatic nitrogens is 2. The molecule has 0 unspecified atom stereocenters. The molecule has 1 amide bonds. The molecule has 1 atom stereocenters. The SMILES string of the molecule is Cc1ccc(Cn2c([C@@H](C)NC(=O)COc3ccccc3)nc3ccccc32)cc1. The summed E-state index contributed by atoms with van der Waals surface area (Å²) in [7, 11) is 0. The van der Waals surface area contributed by atoms with Crippen LogP contribution in [0.5, 0.6) is 5.75 Å². The number of nitrogens with zero attached hydrogens (tertiary/aromatic N) is 2. The highest BCUT2D eigenvalue weighted by Crippen LogP contribution is 2.22. The van der Waals surface area contributed by atoms with E-state index in [-0.39, 0.29) is 18.6 Å². The number of aryl methyl sites for hydroxylation is 1. The first kappa shape index (κ1) is 19.7. The van der Waals surface area contributed by atoms with Crippen LogP contribution < -0.4 is 10.1 Å². The summed E-state index contributed by atoms with van der Waals surface area (Å²) in [6, 6.07) is 25.6. The van der Waals surface area contributed by atoms with Crippen molar-refractivity contribution >= 4 is 16.9 Å². The van der Waals surface area contributed by atoms with Gasteiger partial charge in [-0.1, -0.05) is 60.2 Å². The van der Waals surface area contributed by atoms with Crippen LogP contribution in [0.3, 0.4) is 0 Å². The Bertz CT molecular complexity index is 1130. The van der Waals surface area contributed by atoms with Crippen molar-refractivity contribution in [2.24, 2.45) is 0 Å². The molecule has 0 spiro atoms. The van der Waals surface area contributed by atoms with Crippen molar-refractivity contribution in [3.8, 4) is 5.75 Å². The summed E-state index contributed by atoms with van der Waals surface area (Å²) in [6.07, 6.45) is 0. The van der Waals surface area contributed by atoms with E-state index in [1.165, 1.54) is 11.1 Å². The van der Waals surface area contributed by atoms with Crippen LogP contribution in [0, 0.1) is 6.92 Å². The van der Waals surface area contributed by atoms with Gasteiger partial charge < -0.3 is 14.6 Å². The van der Waals surface area contributed by atoms with Crippen LogP contribution >= 0.6 is 0 Å². The molecule has 152 valence electrons. The van der Waals surface area contributed by atoms with Gasteiger partial charge in [-0.05, 0) is 43.7 Å². The van der Waals surface area contributed by atoms with Crippen LogP contribution in [0.2, 0.25) is 0 Å². The number of amides is 1. The minimum Gasteiger partial charge on any atom is -0.484 e. The molecule has 0 saturated carbocycles. The molecule has 3 aromatic carbocycles. The number of para-hydroxylation sites is 3. The van der Waals surface area contributed by atoms with E-state index < -0.39 is 0 Å². The topological polar surface area (TPSA) is 56.2 Å². The van der Waals surface area contributed by atoms with Gasteiger partial charge in [0.25, 0.3) is 5.91 Å². The van der Waals surface area contributed by atoms with Gasteiger partial charge in [0, 0.05) is 6.54 Å². The third-order valence-corrected chi connectivity index (χ3v) is 5.02. The Balaban J connectivity index is 1.53. The highest BCUT2D eigenvalue weighted by Gasteiger charge is 2.19. The van der Waals surface area contributed by atoms with Gasteiger partial charge in [0.15, 0.2) is 6.61 Å². The predicted octanol–water partition coefficient (Wildman–Crippen LogP) is 4.65. The number of nitrogens with one attached hydrogen (secondary N) is 1. The fourth-order valence-electron chi connectivity index (χ4n) is 3.48. The summed E-state index contributed by atoms with van der Waals surface area (Å²) in [5, 5.41) is 3.02. The standard InChI is InChI=1S/C25H25N3O2/c1-18-12-14-20(15-13-18)16-28-23-11-7-6-10-22(23)27-25(28)19(2)26-24(29)17-30-21-8-4-3-5-9-21/h3-15,19H,16-17H2,1-2H3,(H,26,29)/t19-/m1/s1. The second-order valence-electron chi connectivity index (χ2n) is 7.42. The number of ether oxygens (including phenoxy) is 1. The minimum atomic E-state index is -0.255. The van der Waals surface area contributed by atoms with Gasteiger partial charge in [-0.3, -0.25) is 4.79 Å². The van der Waals surface area contributed by atoms with Crippen molar-refractivity contribution < 1.29 is 9.53 Å². The molecule has 0 fully saturated rings. The Hall–Kier alpha value is -3.60.